The normalized spacial score (nSPS) is 18.7. The second-order valence-electron chi connectivity index (χ2n) is 36.0. The summed E-state index contributed by atoms with van der Waals surface area (Å²) in [6.07, 6.45) is 36.0. The number of thioether (sulfide) groups is 1. The van der Waals surface area contributed by atoms with E-state index in [4.69, 9.17) is 44.8 Å². The molecular formula is C101H235N17O11S2. The molecule has 10 heterocycles. The first-order valence-corrected chi connectivity index (χ1v) is 56.0. The molecule has 802 valence electrons. The van der Waals surface area contributed by atoms with Crippen molar-refractivity contribution in [2.75, 3.05) is 410 Å². The van der Waals surface area contributed by atoms with E-state index in [0.717, 1.165) is 98.4 Å². The standard InChI is InChI=1S/C9H19N.C8H17NO2S.C8H17NO.C8H17N.C7H17N.C6H14N2.C6H13N.C5H12N2.C5H13NO2.C5H11NO.C5H11NS.C5H11N.2C5H12.C4H11NO2.C4H10O.2C3H9NO/c1-2-3-7-10-8-5-4-6-9-10;1-2-3-4-9-5-7-12(10,11)8-6-9;1-2-3-4-9-5-7-10-8-6-9;1-2-3-6-9-7-4-5-8-9;1-4-6-8(3)7-5-2;1-7-3-5-8(2)6-4-7;1-7-5-3-2-4-6-7;1-7-4-2-6-3-5-7;1-6(2-4-7)3-5-8;2*1-6-2-4-7-5-3-6;1-6-4-2-3-5-6;2*1-3-5-4-2;1-5-2-4(7)3-6;1-3-4-5-2;2*1-4-2-3-5/h2-9H2,1H3;2-8H2,1H3;2-8H2,1H3;2-8H2,1H3;4-7H2,1-3H3;3-6H2,1-2H3;2-6H2,1H3;6H,2-5H2,1H3;7-8H,2-5H2,1H3;2*2-5H2,1H3;2-5H2,1H3;2*3-5H2,1-2H3;4-7H,2-3H2,1H3;3-4H2,1-2H3;2*4-5H,2-3H2,1H3. The number of nitrogens with zero attached hydrogens (tertiary/aromatic N) is 13. The molecule has 30 heteroatoms. The molecule has 0 radical (unpaired) electrons. The van der Waals surface area contributed by atoms with Crippen molar-refractivity contribution in [3.63, 3.8) is 0 Å². The van der Waals surface area contributed by atoms with Gasteiger partial charge < -0.3 is 125 Å². The Morgan fingerprint density at radius 2 is 0.656 bits per heavy atom. The highest BCUT2D eigenvalue weighted by molar-refractivity contribution is 7.99. The molecule has 10 fully saturated rings. The van der Waals surface area contributed by atoms with E-state index in [-0.39, 0.29) is 33.0 Å². The minimum absolute atomic E-state index is 0.163. The van der Waals surface area contributed by atoms with Gasteiger partial charge in [0.1, 0.15) is 0 Å². The lowest BCUT2D eigenvalue weighted by Crippen LogP contribution is -2.42. The second kappa shape index (κ2) is 123. The Balaban J connectivity index is -0.000000205. The summed E-state index contributed by atoms with van der Waals surface area (Å²) in [5.41, 5.74) is 0. The lowest BCUT2D eigenvalue weighted by Gasteiger charge is -2.28. The number of ether oxygens (including phenoxy) is 3. The van der Waals surface area contributed by atoms with Gasteiger partial charge in [-0.3, -0.25) is 4.90 Å². The van der Waals surface area contributed by atoms with E-state index < -0.39 is 15.9 Å². The molecular weight excluding hydrogens is 1690 g/mol. The van der Waals surface area contributed by atoms with Crippen LogP contribution >= 0.6 is 11.8 Å². The molecule has 0 saturated carbocycles. The molecule has 1 unspecified atom stereocenters. The summed E-state index contributed by atoms with van der Waals surface area (Å²) >= 11 is 2.06. The number of nitrogens with one attached hydrogen (secondary N) is 4. The predicted molar refractivity (Wildman–Crippen MR) is 576 cm³/mol. The maximum absolute atomic E-state index is 11.0. The fourth-order valence-electron chi connectivity index (χ4n) is 13.2. The maximum atomic E-state index is 11.0. The van der Waals surface area contributed by atoms with Crippen molar-refractivity contribution in [3.8, 4) is 0 Å². The summed E-state index contributed by atoms with van der Waals surface area (Å²) in [5, 5.41) is 60.9. The highest BCUT2D eigenvalue weighted by Gasteiger charge is 2.21. The van der Waals surface area contributed by atoms with Gasteiger partial charge in [0.2, 0.25) is 0 Å². The van der Waals surface area contributed by atoms with Crippen LogP contribution in [0.25, 0.3) is 0 Å². The van der Waals surface area contributed by atoms with E-state index >= 15 is 0 Å². The predicted octanol–water partition coefficient (Wildman–Crippen LogP) is 10.6. The average molecular weight is 1930 g/mol. The van der Waals surface area contributed by atoms with E-state index in [1.807, 2.05) is 11.9 Å². The van der Waals surface area contributed by atoms with Crippen molar-refractivity contribution in [1.29, 1.82) is 0 Å². The first kappa shape index (κ1) is 146. The summed E-state index contributed by atoms with van der Waals surface area (Å²) in [7, 11) is 23.5. The number of likely N-dealkylation sites (N-methyl/N-ethyl adjacent to an activating group) is 8. The number of aliphatic hydroxyl groups excluding tert-OH is 6. The quantitative estimate of drug-likeness (QED) is 0.0292. The summed E-state index contributed by atoms with van der Waals surface area (Å²) < 4.78 is 37.1. The number of methoxy groups -OCH3 is 1. The number of piperidine rings is 2. The van der Waals surface area contributed by atoms with Gasteiger partial charge in [0.15, 0.2) is 9.84 Å². The molecule has 0 spiro atoms. The van der Waals surface area contributed by atoms with Crippen LogP contribution in [0.4, 0.5) is 0 Å². The number of piperazine rings is 2. The van der Waals surface area contributed by atoms with Crippen LogP contribution in [0.1, 0.15) is 250 Å². The first-order valence-electron chi connectivity index (χ1n) is 53.1. The van der Waals surface area contributed by atoms with Crippen LogP contribution in [-0.4, -0.2) is 519 Å². The SMILES string of the molecule is CCCCC.CCCCC.CCCCN1CCCC1.CCCCN1CCCCC1.CCCCN1CCOCC1.CCCCN1CCS(=O)(=O)CC1.CCCN(C)CCC.CCCOC.CN(CCO)CCO.CN1CCCC1.CN1CCCCC1.CN1CCN(C)CC1.CN1CCNCC1.CN1CCOCC1.CN1CCSCC1.CNCC(O)CO.CNCCO.CNCCO. The lowest BCUT2D eigenvalue weighted by atomic mass is 10.1. The second-order valence-corrected chi connectivity index (χ2v) is 39.5. The number of likely N-dealkylation sites (tertiary alicyclic amines) is 4. The van der Waals surface area contributed by atoms with Crippen LogP contribution in [0.5, 0.6) is 0 Å². The molecule has 10 aliphatic heterocycles. The molecule has 10 N–H and O–H groups in total. The van der Waals surface area contributed by atoms with Crippen molar-refractivity contribution in [3.05, 3.63) is 0 Å². The van der Waals surface area contributed by atoms with Gasteiger partial charge in [-0.15, -0.1) is 0 Å². The molecule has 0 aromatic carbocycles. The van der Waals surface area contributed by atoms with Gasteiger partial charge in [-0.2, -0.15) is 11.8 Å². The van der Waals surface area contributed by atoms with E-state index in [2.05, 4.69) is 224 Å². The van der Waals surface area contributed by atoms with Gasteiger partial charge in [0.25, 0.3) is 0 Å². The molecule has 0 amide bonds. The molecule has 131 heavy (non-hydrogen) atoms. The number of morpholine rings is 2. The van der Waals surface area contributed by atoms with Gasteiger partial charge in [-0.25, -0.2) is 8.42 Å². The molecule has 28 nitrogen and oxygen atoms in total. The number of hydrogen-bond acceptors (Lipinski definition) is 29. The molecule has 0 aliphatic carbocycles. The summed E-state index contributed by atoms with van der Waals surface area (Å²) in [6, 6.07) is 0. The van der Waals surface area contributed by atoms with Crippen molar-refractivity contribution in [2.45, 2.75) is 256 Å². The lowest BCUT2D eigenvalue weighted by molar-refractivity contribution is 0.0373. The summed E-state index contributed by atoms with van der Waals surface area (Å²) in [4.78, 5) is 30.6. The van der Waals surface area contributed by atoms with E-state index in [9.17, 15) is 8.42 Å². The van der Waals surface area contributed by atoms with Crippen molar-refractivity contribution in [2.24, 2.45) is 0 Å². The third-order valence-electron chi connectivity index (χ3n) is 22.3. The molecule has 0 bridgehead atoms. The average Bonchev–Trinajstić information content (AvgIpc) is 1.12. The Morgan fingerprint density at radius 1 is 0.359 bits per heavy atom. The van der Waals surface area contributed by atoms with Crippen LogP contribution in [0.3, 0.4) is 0 Å². The van der Waals surface area contributed by atoms with Crippen LogP contribution in [0.15, 0.2) is 0 Å². The highest BCUT2D eigenvalue weighted by Crippen LogP contribution is 2.12. The Kier molecular flexibility index (Phi) is 137. The van der Waals surface area contributed by atoms with Gasteiger partial charge in [0.05, 0.1) is 77.1 Å². The zero-order chi connectivity index (χ0) is 100.0. The Morgan fingerprint density at radius 3 is 0.870 bits per heavy atom. The minimum Gasteiger partial charge on any atom is -0.395 e. The van der Waals surface area contributed by atoms with Gasteiger partial charge >= 0.3 is 0 Å². The van der Waals surface area contributed by atoms with Crippen LogP contribution in [-0.2, 0) is 24.0 Å². The molecule has 0 aromatic heterocycles. The Hall–Kier alpha value is -0.740. The van der Waals surface area contributed by atoms with Crippen molar-refractivity contribution >= 4 is 21.6 Å². The van der Waals surface area contributed by atoms with Crippen LogP contribution < -0.4 is 21.3 Å². The van der Waals surface area contributed by atoms with Crippen LogP contribution in [0, 0.1) is 0 Å². The zero-order valence-electron chi connectivity index (χ0n) is 91.7. The zero-order valence-corrected chi connectivity index (χ0v) is 93.3. The van der Waals surface area contributed by atoms with E-state index in [1.165, 1.54) is 316 Å². The highest BCUT2D eigenvalue weighted by atomic mass is 32.2. The first-order chi connectivity index (χ1) is 63.2. The molecule has 1 atom stereocenters. The van der Waals surface area contributed by atoms with Gasteiger partial charge in [0, 0.05) is 163 Å². The third kappa shape index (κ3) is 131. The molecule has 10 rings (SSSR count). The fourth-order valence-corrected chi connectivity index (χ4v) is 15.6. The number of aliphatic hydroxyl groups is 6. The number of hydrogen-bond donors (Lipinski definition) is 10. The summed E-state index contributed by atoms with van der Waals surface area (Å²) in [6.45, 7) is 69.0. The number of rotatable bonds is 33. The topological polar surface area (TPSA) is 273 Å². The largest absolute Gasteiger partial charge is 0.395 e. The minimum atomic E-state index is -2.68. The smallest absolute Gasteiger partial charge is 0.152 e. The Bertz CT molecular complexity index is 1890. The van der Waals surface area contributed by atoms with Gasteiger partial charge in [-0.05, 0) is 273 Å². The van der Waals surface area contributed by atoms with Gasteiger partial charge in [-0.1, -0.05) is 153 Å². The molecule has 10 saturated heterocycles. The third-order valence-corrected chi connectivity index (χ3v) is 24.9. The molecule has 10 aliphatic rings. The van der Waals surface area contributed by atoms with Crippen molar-refractivity contribution < 1.29 is 53.3 Å². The molecule has 0 aromatic rings. The fraction of sp³-hybridized carbons (Fsp3) is 1.00. The monoisotopic (exact) mass is 1930 g/mol. The Labute approximate surface area is 820 Å². The van der Waals surface area contributed by atoms with E-state index in [1.54, 1.807) is 28.3 Å². The van der Waals surface area contributed by atoms with Crippen molar-refractivity contribution in [1.82, 2.24) is 85.0 Å². The van der Waals surface area contributed by atoms with E-state index in [0.29, 0.717) is 44.2 Å². The maximum Gasteiger partial charge on any atom is 0.152 e. The van der Waals surface area contributed by atoms with Crippen LogP contribution in [0.2, 0.25) is 0 Å². The summed E-state index contributed by atoms with van der Waals surface area (Å²) in [5.74, 6) is 3.38. The number of sulfone groups is 1. The number of unbranched alkanes of at least 4 members (excludes halogenated alkanes) is 8.